The third-order valence-corrected chi connectivity index (χ3v) is 2.85. The van der Waals surface area contributed by atoms with Gasteiger partial charge < -0.3 is 35.4 Å². The molecule has 0 aromatic heterocycles. The number of aromatic hydroxyl groups is 1. The molecular weight excluding hydrogens is 284 g/mol. The van der Waals surface area contributed by atoms with Crippen LogP contribution in [0.15, 0.2) is 24.3 Å². The largest absolute Gasteiger partial charge is 0.508 e. The fourth-order valence-electron chi connectivity index (χ4n) is 1.57. The van der Waals surface area contributed by atoms with Crippen LogP contribution in [0.1, 0.15) is 10.4 Å². The van der Waals surface area contributed by atoms with E-state index in [1.807, 2.05) is 0 Å². The topological polar surface area (TPSA) is 148 Å². The number of phenolic OH excluding ortho intramolecular Hbond substituents is 1. The number of hydrogen-bond acceptors (Lipinski definition) is 8. The van der Waals surface area contributed by atoms with Crippen LogP contribution in [0.5, 0.6) is 5.75 Å². The van der Waals surface area contributed by atoms with Crippen molar-refractivity contribution in [1.82, 2.24) is 0 Å². The van der Waals surface area contributed by atoms with Crippen LogP contribution in [0.2, 0.25) is 0 Å². The summed E-state index contributed by atoms with van der Waals surface area (Å²) in [5.41, 5.74) is 0.0654. The van der Waals surface area contributed by atoms with Gasteiger partial charge in [0.1, 0.15) is 24.1 Å². The number of esters is 1. The van der Waals surface area contributed by atoms with Crippen molar-refractivity contribution in [2.75, 3.05) is 13.2 Å². The molecule has 0 aliphatic heterocycles. The summed E-state index contributed by atoms with van der Waals surface area (Å²) in [6, 6.07) is 5.06. The summed E-state index contributed by atoms with van der Waals surface area (Å²) in [4.78, 5) is 11.8. The maximum atomic E-state index is 11.8. The second-order valence-corrected chi connectivity index (χ2v) is 4.40. The SMILES string of the molecule is O=C(O[C@@H](CO)[C@@H](O)[C@@H](O)[C@@H](O)CO)c1ccc(O)cc1. The summed E-state index contributed by atoms with van der Waals surface area (Å²) < 4.78 is 4.83. The van der Waals surface area contributed by atoms with Crippen molar-refractivity contribution in [3.8, 4) is 5.75 Å². The van der Waals surface area contributed by atoms with Crippen LogP contribution in [-0.4, -0.2) is 74.2 Å². The number of ether oxygens (including phenoxy) is 1. The molecule has 1 aromatic carbocycles. The van der Waals surface area contributed by atoms with Crippen molar-refractivity contribution in [2.45, 2.75) is 24.4 Å². The monoisotopic (exact) mass is 302 g/mol. The summed E-state index contributed by atoms with van der Waals surface area (Å²) in [7, 11) is 0. The fraction of sp³-hybridized carbons (Fsp3) is 0.462. The van der Waals surface area contributed by atoms with E-state index in [1.54, 1.807) is 0 Å². The summed E-state index contributed by atoms with van der Waals surface area (Å²) in [6.45, 7) is -1.59. The molecule has 0 fully saturated rings. The number of carbonyl (C=O) groups is 1. The highest BCUT2D eigenvalue weighted by atomic mass is 16.6. The van der Waals surface area contributed by atoms with Crippen LogP contribution in [0.3, 0.4) is 0 Å². The number of aliphatic hydroxyl groups is 5. The Morgan fingerprint density at radius 3 is 2.05 bits per heavy atom. The minimum Gasteiger partial charge on any atom is -0.508 e. The fourth-order valence-corrected chi connectivity index (χ4v) is 1.57. The maximum Gasteiger partial charge on any atom is 0.338 e. The van der Waals surface area contributed by atoms with E-state index in [9.17, 15) is 20.1 Å². The Kier molecular flexibility index (Phi) is 6.53. The quantitative estimate of drug-likeness (QED) is 0.316. The van der Waals surface area contributed by atoms with Crippen LogP contribution in [0.4, 0.5) is 0 Å². The second kappa shape index (κ2) is 7.91. The summed E-state index contributed by atoms with van der Waals surface area (Å²) >= 11 is 0. The smallest absolute Gasteiger partial charge is 0.338 e. The second-order valence-electron chi connectivity index (χ2n) is 4.40. The highest BCUT2D eigenvalue weighted by Crippen LogP contribution is 2.14. The molecule has 0 aliphatic carbocycles. The molecule has 0 saturated carbocycles. The van der Waals surface area contributed by atoms with Crippen LogP contribution in [0, 0.1) is 0 Å². The first-order chi connectivity index (χ1) is 9.90. The van der Waals surface area contributed by atoms with Crippen molar-refractivity contribution >= 4 is 5.97 Å². The van der Waals surface area contributed by atoms with Gasteiger partial charge in [-0.25, -0.2) is 4.79 Å². The van der Waals surface area contributed by atoms with Crippen LogP contribution in [-0.2, 0) is 4.74 Å². The van der Waals surface area contributed by atoms with Crippen LogP contribution < -0.4 is 0 Å². The molecule has 0 aliphatic rings. The van der Waals surface area contributed by atoms with Gasteiger partial charge in [-0.1, -0.05) is 0 Å². The van der Waals surface area contributed by atoms with E-state index >= 15 is 0 Å². The van der Waals surface area contributed by atoms with E-state index in [1.165, 1.54) is 24.3 Å². The molecule has 8 heteroatoms. The molecule has 6 N–H and O–H groups in total. The van der Waals surface area contributed by atoms with Crippen molar-refractivity contribution in [1.29, 1.82) is 0 Å². The Balaban J connectivity index is 2.72. The van der Waals surface area contributed by atoms with Gasteiger partial charge in [-0.2, -0.15) is 0 Å². The molecule has 8 nitrogen and oxygen atoms in total. The lowest BCUT2D eigenvalue weighted by Crippen LogP contribution is -2.48. The van der Waals surface area contributed by atoms with E-state index in [-0.39, 0.29) is 11.3 Å². The van der Waals surface area contributed by atoms with Crippen LogP contribution in [0.25, 0.3) is 0 Å². The van der Waals surface area contributed by atoms with Gasteiger partial charge in [-0.3, -0.25) is 0 Å². The highest BCUT2D eigenvalue weighted by molar-refractivity contribution is 5.89. The summed E-state index contributed by atoms with van der Waals surface area (Å²) in [5.74, 6) is -0.939. The molecule has 0 saturated heterocycles. The number of carbonyl (C=O) groups excluding carboxylic acids is 1. The molecule has 0 amide bonds. The zero-order valence-corrected chi connectivity index (χ0v) is 11.0. The Morgan fingerprint density at radius 1 is 1.00 bits per heavy atom. The van der Waals surface area contributed by atoms with E-state index in [4.69, 9.17) is 20.1 Å². The molecule has 0 unspecified atom stereocenters. The molecule has 0 radical (unpaired) electrons. The highest BCUT2D eigenvalue weighted by Gasteiger charge is 2.33. The molecule has 1 aromatic rings. The number of rotatable bonds is 7. The van der Waals surface area contributed by atoms with Gasteiger partial charge in [0.05, 0.1) is 18.8 Å². The molecule has 1 rings (SSSR count). The molecule has 4 atom stereocenters. The lowest BCUT2D eigenvalue weighted by molar-refractivity contribution is -0.126. The number of benzene rings is 1. The minimum absolute atomic E-state index is 0.0493. The lowest BCUT2D eigenvalue weighted by atomic mass is 10.0. The molecular formula is C13H18O8. The van der Waals surface area contributed by atoms with Crippen LogP contribution >= 0.6 is 0 Å². The van der Waals surface area contributed by atoms with E-state index in [0.29, 0.717) is 0 Å². The van der Waals surface area contributed by atoms with Crippen molar-refractivity contribution in [3.63, 3.8) is 0 Å². The molecule has 0 bridgehead atoms. The van der Waals surface area contributed by atoms with Gasteiger partial charge in [0.25, 0.3) is 0 Å². The van der Waals surface area contributed by atoms with E-state index in [0.717, 1.165) is 0 Å². The summed E-state index contributed by atoms with van der Waals surface area (Å²) in [5, 5.41) is 55.3. The van der Waals surface area contributed by atoms with Crippen molar-refractivity contribution in [2.24, 2.45) is 0 Å². The van der Waals surface area contributed by atoms with Gasteiger partial charge in [0, 0.05) is 0 Å². The first kappa shape index (κ1) is 17.3. The predicted octanol–water partition coefficient (Wildman–Crippen LogP) is -2.02. The molecule has 21 heavy (non-hydrogen) atoms. The standard InChI is InChI=1S/C13H18O8/c14-5-9(17)11(18)12(19)10(6-15)21-13(20)7-1-3-8(16)4-2-7/h1-4,9-12,14-19H,5-6H2/t9-,10-,11-,12+/m0/s1. The Bertz CT molecular complexity index is 446. The summed E-state index contributed by atoms with van der Waals surface area (Å²) in [6.07, 6.45) is -6.69. The first-order valence-electron chi connectivity index (χ1n) is 6.16. The third kappa shape index (κ3) is 4.66. The average Bonchev–Trinajstić information content (AvgIpc) is 2.50. The third-order valence-electron chi connectivity index (χ3n) is 2.85. The zero-order chi connectivity index (χ0) is 16.0. The van der Waals surface area contributed by atoms with Gasteiger partial charge in [0.15, 0.2) is 6.10 Å². The zero-order valence-electron chi connectivity index (χ0n) is 11.0. The molecule has 0 spiro atoms. The van der Waals surface area contributed by atoms with Crippen molar-refractivity contribution < 1.29 is 40.2 Å². The van der Waals surface area contributed by atoms with Gasteiger partial charge >= 0.3 is 5.97 Å². The number of aliphatic hydroxyl groups excluding tert-OH is 5. The predicted molar refractivity (Wildman–Crippen MR) is 69.5 cm³/mol. The Morgan fingerprint density at radius 2 is 1.57 bits per heavy atom. The van der Waals surface area contributed by atoms with Crippen molar-refractivity contribution in [3.05, 3.63) is 29.8 Å². The Hall–Kier alpha value is -1.71. The number of phenols is 1. The van der Waals surface area contributed by atoms with E-state index < -0.39 is 43.6 Å². The van der Waals surface area contributed by atoms with E-state index in [2.05, 4.69) is 0 Å². The van der Waals surface area contributed by atoms with Gasteiger partial charge in [-0.15, -0.1) is 0 Å². The average molecular weight is 302 g/mol. The maximum absolute atomic E-state index is 11.8. The minimum atomic E-state index is -1.79. The van der Waals surface area contributed by atoms with Gasteiger partial charge in [-0.05, 0) is 24.3 Å². The first-order valence-corrected chi connectivity index (χ1v) is 6.16. The molecule has 118 valence electrons. The lowest BCUT2D eigenvalue weighted by Gasteiger charge is -2.27. The Labute approximate surface area is 120 Å². The van der Waals surface area contributed by atoms with Gasteiger partial charge in [0.2, 0.25) is 0 Å². The molecule has 0 heterocycles. The number of hydrogen-bond donors (Lipinski definition) is 6. The normalized spacial score (nSPS) is 16.8.